The predicted molar refractivity (Wildman–Crippen MR) is 46.7 cm³/mol. The fraction of sp³-hybridized carbons (Fsp3) is 1.00. The SMILES string of the molecule is COC(C)CCCNC1CC1. The quantitative estimate of drug-likeness (QED) is 0.591. The summed E-state index contributed by atoms with van der Waals surface area (Å²) in [7, 11) is 1.78. The van der Waals surface area contributed by atoms with E-state index in [1.165, 1.54) is 32.2 Å². The number of nitrogens with one attached hydrogen (secondary N) is 1. The average Bonchev–Trinajstić information content (AvgIpc) is 2.81. The summed E-state index contributed by atoms with van der Waals surface area (Å²) in [5.41, 5.74) is 0. The molecule has 0 saturated heterocycles. The minimum absolute atomic E-state index is 0.427. The third-order valence-corrected chi connectivity index (χ3v) is 2.20. The molecule has 1 rings (SSSR count). The van der Waals surface area contributed by atoms with Crippen molar-refractivity contribution in [3.05, 3.63) is 0 Å². The van der Waals surface area contributed by atoms with E-state index in [4.69, 9.17) is 4.74 Å². The molecule has 0 heterocycles. The second-order valence-electron chi connectivity index (χ2n) is 3.42. The Labute approximate surface area is 69.3 Å². The van der Waals surface area contributed by atoms with Gasteiger partial charge in [0.1, 0.15) is 0 Å². The van der Waals surface area contributed by atoms with Crippen molar-refractivity contribution in [2.75, 3.05) is 13.7 Å². The summed E-state index contributed by atoms with van der Waals surface area (Å²) in [5, 5.41) is 3.48. The Morgan fingerprint density at radius 3 is 2.82 bits per heavy atom. The summed E-state index contributed by atoms with van der Waals surface area (Å²) in [6, 6.07) is 0.854. The van der Waals surface area contributed by atoms with Gasteiger partial charge in [0.15, 0.2) is 0 Å². The molecule has 2 heteroatoms. The highest BCUT2D eigenvalue weighted by molar-refractivity contribution is 4.80. The third kappa shape index (κ3) is 4.38. The molecule has 2 nitrogen and oxygen atoms in total. The first-order chi connectivity index (χ1) is 5.33. The van der Waals surface area contributed by atoms with Crippen molar-refractivity contribution < 1.29 is 4.74 Å². The van der Waals surface area contributed by atoms with E-state index in [2.05, 4.69) is 12.2 Å². The zero-order valence-electron chi connectivity index (χ0n) is 7.60. The highest BCUT2D eigenvalue weighted by Gasteiger charge is 2.19. The Balaban J connectivity index is 1.79. The van der Waals surface area contributed by atoms with Gasteiger partial charge < -0.3 is 10.1 Å². The maximum absolute atomic E-state index is 5.15. The summed E-state index contributed by atoms with van der Waals surface area (Å²) < 4.78 is 5.15. The van der Waals surface area contributed by atoms with Gasteiger partial charge in [-0.1, -0.05) is 0 Å². The van der Waals surface area contributed by atoms with Crippen LogP contribution in [-0.4, -0.2) is 25.8 Å². The van der Waals surface area contributed by atoms with Crippen LogP contribution in [0.3, 0.4) is 0 Å². The van der Waals surface area contributed by atoms with Crippen molar-refractivity contribution in [3.8, 4) is 0 Å². The molecule has 0 amide bonds. The zero-order valence-corrected chi connectivity index (χ0v) is 7.60. The number of rotatable bonds is 6. The lowest BCUT2D eigenvalue weighted by molar-refractivity contribution is 0.109. The molecule has 11 heavy (non-hydrogen) atoms. The van der Waals surface area contributed by atoms with Crippen molar-refractivity contribution in [3.63, 3.8) is 0 Å². The lowest BCUT2D eigenvalue weighted by Crippen LogP contribution is -2.18. The fourth-order valence-electron chi connectivity index (χ4n) is 1.10. The maximum atomic E-state index is 5.15. The van der Waals surface area contributed by atoms with Crippen LogP contribution in [0, 0.1) is 0 Å². The Hall–Kier alpha value is -0.0800. The van der Waals surface area contributed by atoms with Gasteiger partial charge in [-0.3, -0.25) is 0 Å². The Morgan fingerprint density at radius 2 is 2.27 bits per heavy atom. The number of hydrogen-bond acceptors (Lipinski definition) is 2. The lowest BCUT2D eigenvalue weighted by atomic mass is 10.2. The first kappa shape index (κ1) is 9.01. The van der Waals surface area contributed by atoms with Crippen LogP contribution in [0.15, 0.2) is 0 Å². The second kappa shape index (κ2) is 4.73. The van der Waals surface area contributed by atoms with Gasteiger partial charge in [0.25, 0.3) is 0 Å². The molecular formula is C9H19NO. The minimum atomic E-state index is 0.427. The standard InChI is InChI=1S/C9H19NO/c1-8(11-2)4-3-7-10-9-5-6-9/h8-10H,3-7H2,1-2H3. The van der Waals surface area contributed by atoms with E-state index in [1.807, 2.05) is 0 Å². The first-order valence-corrected chi connectivity index (χ1v) is 4.59. The molecule has 0 aliphatic heterocycles. The average molecular weight is 157 g/mol. The summed E-state index contributed by atoms with van der Waals surface area (Å²) in [5.74, 6) is 0. The molecular weight excluding hydrogens is 138 g/mol. The minimum Gasteiger partial charge on any atom is -0.382 e. The van der Waals surface area contributed by atoms with Crippen LogP contribution < -0.4 is 5.32 Å². The van der Waals surface area contributed by atoms with E-state index in [9.17, 15) is 0 Å². The molecule has 0 radical (unpaired) electrons. The van der Waals surface area contributed by atoms with Gasteiger partial charge in [0.2, 0.25) is 0 Å². The molecule has 1 aliphatic rings. The molecule has 1 saturated carbocycles. The van der Waals surface area contributed by atoms with Gasteiger partial charge in [0.05, 0.1) is 6.10 Å². The summed E-state index contributed by atoms with van der Waals surface area (Å²) >= 11 is 0. The van der Waals surface area contributed by atoms with Gasteiger partial charge in [-0.15, -0.1) is 0 Å². The van der Waals surface area contributed by atoms with Gasteiger partial charge in [-0.25, -0.2) is 0 Å². The van der Waals surface area contributed by atoms with E-state index < -0.39 is 0 Å². The molecule has 0 aromatic carbocycles. The van der Waals surface area contributed by atoms with E-state index in [0.29, 0.717) is 6.10 Å². The van der Waals surface area contributed by atoms with Crippen LogP contribution >= 0.6 is 0 Å². The summed E-state index contributed by atoms with van der Waals surface area (Å²) in [6.45, 7) is 3.29. The zero-order chi connectivity index (χ0) is 8.10. The van der Waals surface area contributed by atoms with E-state index in [0.717, 1.165) is 6.04 Å². The summed E-state index contributed by atoms with van der Waals surface area (Å²) in [4.78, 5) is 0. The van der Waals surface area contributed by atoms with E-state index in [1.54, 1.807) is 7.11 Å². The topological polar surface area (TPSA) is 21.3 Å². The first-order valence-electron chi connectivity index (χ1n) is 4.59. The Kier molecular flexibility index (Phi) is 3.87. The molecule has 0 bridgehead atoms. The monoisotopic (exact) mass is 157 g/mol. The predicted octanol–water partition coefficient (Wildman–Crippen LogP) is 1.55. The number of ether oxygens (including phenoxy) is 1. The van der Waals surface area contributed by atoms with Crippen molar-refractivity contribution in [2.45, 2.75) is 44.8 Å². The molecule has 1 fully saturated rings. The largest absolute Gasteiger partial charge is 0.382 e. The van der Waals surface area contributed by atoms with Gasteiger partial charge >= 0.3 is 0 Å². The Morgan fingerprint density at radius 1 is 1.55 bits per heavy atom. The van der Waals surface area contributed by atoms with Crippen molar-refractivity contribution in [1.82, 2.24) is 5.32 Å². The molecule has 0 aromatic heterocycles. The van der Waals surface area contributed by atoms with Crippen LogP contribution in [0.25, 0.3) is 0 Å². The van der Waals surface area contributed by atoms with Crippen molar-refractivity contribution in [2.24, 2.45) is 0 Å². The van der Waals surface area contributed by atoms with Crippen LogP contribution in [0.5, 0.6) is 0 Å². The molecule has 1 unspecified atom stereocenters. The van der Waals surface area contributed by atoms with Crippen molar-refractivity contribution >= 4 is 0 Å². The maximum Gasteiger partial charge on any atom is 0.0543 e. The smallest absolute Gasteiger partial charge is 0.0543 e. The molecule has 1 aliphatic carbocycles. The number of hydrogen-bond donors (Lipinski definition) is 1. The van der Waals surface area contributed by atoms with Crippen LogP contribution in [0.4, 0.5) is 0 Å². The number of methoxy groups -OCH3 is 1. The molecule has 0 aromatic rings. The van der Waals surface area contributed by atoms with Crippen LogP contribution in [0.1, 0.15) is 32.6 Å². The third-order valence-electron chi connectivity index (χ3n) is 2.20. The van der Waals surface area contributed by atoms with Gasteiger partial charge in [-0.2, -0.15) is 0 Å². The molecule has 66 valence electrons. The summed E-state index contributed by atoms with van der Waals surface area (Å²) in [6.07, 6.45) is 5.62. The molecule has 1 N–H and O–H groups in total. The Bertz CT molecular complexity index is 102. The van der Waals surface area contributed by atoms with Crippen LogP contribution in [0.2, 0.25) is 0 Å². The van der Waals surface area contributed by atoms with E-state index in [-0.39, 0.29) is 0 Å². The normalized spacial score (nSPS) is 20.2. The molecule has 1 atom stereocenters. The van der Waals surface area contributed by atoms with E-state index >= 15 is 0 Å². The van der Waals surface area contributed by atoms with Gasteiger partial charge in [0, 0.05) is 13.2 Å². The molecule has 0 spiro atoms. The lowest BCUT2D eigenvalue weighted by Gasteiger charge is -2.08. The van der Waals surface area contributed by atoms with Crippen molar-refractivity contribution in [1.29, 1.82) is 0 Å². The fourth-order valence-corrected chi connectivity index (χ4v) is 1.10. The second-order valence-corrected chi connectivity index (χ2v) is 3.42. The van der Waals surface area contributed by atoms with Gasteiger partial charge in [-0.05, 0) is 39.2 Å². The van der Waals surface area contributed by atoms with Crippen LogP contribution in [-0.2, 0) is 4.74 Å². The highest BCUT2D eigenvalue weighted by Crippen LogP contribution is 2.18. The highest BCUT2D eigenvalue weighted by atomic mass is 16.5.